The summed E-state index contributed by atoms with van der Waals surface area (Å²) in [7, 11) is 1.90. The number of ether oxygens (including phenoxy) is 1. The molecule has 4 nitrogen and oxygen atoms in total. The van der Waals surface area contributed by atoms with E-state index in [1.807, 2.05) is 36.2 Å². The third-order valence-corrected chi connectivity index (χ3v) is 5.18. The van der Waals surface area contributed by atoms with Gasteiger partial charge in [-0.25, -0.2) is 0 Å². The largest absolute Gasteiger partial charge is 0.492 e. The highest BCUT2D eigenvalue weighted by Crippen LogP contribution is 2.59. The fourth-order valence-corrected chi connectivity index (χ4v) is 3.49. The van der Waals surface area contributed by atoms with Crippen LogP contribution in [-0.4, -0.2) is 44.1 Å². The van der Waals surface area contributed by atoms with Crippen LogP contribution in [0.3, 0.4) is 0 Å². The molecule has 0 radical (unpaired) electrons. The zero-order chi connectivity index (χ0) is 15.6. The molecule has 3 rings (SSSR count). The van der Waals surface area contributed by atoms with Gasteiger partial charge in [-0.3, -0.25) is 4.79 Å². The summed E-state index contributed by atoms with van der Waals surface area (Å²) in [5, 5.41) is 3.38. The second-order valence-electron chi connectivity index (χ2n) is 6.79. The molecule has 22 heavy (non-hydrogen) atoms. The molecule has 1 amide bonds. The maximum absolute atomic E-state index is 12.5. The average molecular weight is 302 g/mol. The predicted octanol–water partition coefficient (Wildman–Crippen LogP) is 2.22. The van der Waals surface area contributed by atoms with E-state index < -0.39 is 0 Å². The Morgan fingerprint density at radius 1 is 1.32 bits per heavy atom. The van der Waals surface area contributed by atoms with Crippen molar-refractivity contribution in [1.82, 2.24) is 10.2 Å². The Hall–Kier alpha value is -1.55. The van der Waals surface area contributed by atoms with E-state index in [9.17, 15) is 4.79 Å². The van der Waals surface area contributed by atoms with Crippen molar-refractivity contribution in [2.45, 2.75) is 26.2 Å². The van der Waals surface area contributed by atoms with E-state index in [1.54, 1.807) is 0 Å². The SMILES string of the molecule is Cc1ccc(OCCN(C)C(=O)C2CC23CCNCC3)cc1. The molecule has 1 aliphatic carbocycles. The number of aryl methyl sites for hydroxylation is 1. The van der Waals surface area contributed by atoms with E-state index in [4.69, 9.17) is 4.74 Å². The molecule has 4 heteroatoms. The fraction of sp³-hybridized carbons (Fsp3) is 0.611. The van der Waals surface area contributed by atoms with Crippen molar-refractivity contribution < 1.29 is 9.53 Å². The van der Waals surface area contributed by atoms with Gasteiger partial charge < -0.3 is 15.0 Å². The first-order chi connectivity index (χ1) is 10.6. The van der Waals surface area contributed by atoms with Crippen LogP contribution in [0, 0.1) is 18.3 Å². The molecule has 1 heterocycles. The van der Waals surface area contributed by atoms with Gasteiger partial charge in [-0.2, -0.15) is 0 Å². The van der Waals surface area contributed by atoms with Gasteiger partial charge in [0.25, 0.3) is 0 Å². The van der Waals surface area contributed by atoms with Crippen LogP contribution in [0.1, 0.15) is 24.8 Å². The van der Waals surface area contributed by atoms with E-state index in [1.165, 1.54) is 5.56 Å². The molecule has 1 unspecified atom stereocenters. The molecule has 120 valence electrons. The first kappa shape index (κ1) is 15.3. The van der Waals surface area contributed by atoms with Crippen LogP contribution in [0.15, 0.2) is 24.3 Å². The Kier molecular flexibility index (Phi) is 4.39. The van der Waals surface area contributed by atoms with Crippen LogP contribution in [0.2, 0.25) is 0 Å². The van der Waals surface area contributed by atoms with Crippen molar-refractivity contribution in [2.24, 2.45) is 11.3 Å². The van der Waals surface area contributed by atoms with Gasteiger partial charge in [0, 0.05) is 13.0 Å². The normalized spacial score (nSPS) is 22.4. The van der Waals surface area contributed by atoms with E-state index >= 15 is 0 Å². The van der Waals surface area contributed by atoms with Gasteiger partial charge in [-0.1, -0.05) is 17.7 Å². The van der Waals surface area contributed by atoms with Gasteiger partial charge in [-0.15, -0.1) is 0 Å². The first-order valence-electron chi connectivity index (χ1n) is 8.26. The summed E-state index contributed by atoms with van der Waals surface area (Å²) in [6, 6.07) is 8.02. The number of nitrogens with one attached hydrogen (secondary N) is 1. The van der Waals surface area contributed by atoms with Gasteiger partial charge >= 0.3 is 0 Å². The molecular formula is C18H26N2O2. The minimum Gasteiger partial charge on any atom is -0.492 e. The van der Waals surface area contributed by atoms with Gasteiger partial charge in [-0.05, 0) is 56.8 Å². The fourth-order valence-electron chi connectivity index (χ4n) is 3.49. The number of nitrogens with zero attached hydrogens (tertiary/aromatic N) is 1. The van der Waals surface area contributed by atoms with Gasteiger partial charge in [0.15, 0.2) is 0 Å². The average Bonchev–Trinajstić information content (AvgIpc) is 3.22. The summed E-state index contributed by atoms with van der Waals surface area (Å²) < 4.78 is 5.72. The Morgan fingerprint density at radius 3 is 2.68 bits per heavy atom. The number of hydrogen-bond donors (Lipinski definition) is 1. The summed E-state index contributed by atoms with van der Waals surface area (Å²) in [6.45, 7) is 5.38. The molecule has 1 aromatic carbocycles. The highest BCUT2D eigenvalue weighted by atomic mass is 16.5. The number of carbonyl (C=O) groups excluding carboxylic acids is 1. The maximum atomic E-state index is 12.5. The third-order valence-electron chi connectivity index (χ3n) is 5.18. The van der Waals surface area contributed by atoms with Crippen LogP contribution in [0.4, 0.5) is 0 Å². The minimum absolute atomic E-state index is 0.249. The van der Waals surface area contributed by atoms with Crippen LogP contribution >= 0.6 is 0 Å². The lowest BCUT2D eigenvalue weighted by atomic mass is 9.91. The van der Waals surface area contributed by atoms with Gasteiger partial charge in [0.05, 0.1) is 6.54 Å². The highest BCUT2D eigenvalue weighted by molar-refractivity contribution is 5.82. The lowest BCUT2D eigenvalue weighted by Gasteiger charge is -2.25. The van der Waals surface area contributed by atoms with Gasteiger partial charge in [0.2, 0.25) is 5.91 Å². The Labute approximate surface area is 132 Å². The summed E-state index contributed by atoms with van der Waals surface area (Å²) >= 11 is 0. The lowest BCUT2D eigenvalue weighted by Crippen LogP contribution is -2.36. The van der Waals surface area contributed by atoms with Gasteiger partial charge in [0.1, 0.15) is 12.4 Å². The molecule has 1 aromatic rings. The topological polar surface area (TPSA) is 41.6 Å². The Bertz CT molecular complexity index is 520. The van der Waals surface area contributed by atoms with Crippen molar-refractivity contribution >= 4 is 5.91 Å². The molecule has 2 fully saturated rings. The zero-order valence-corrected chi connectivity index (χ0v) is 13.6. The molecular weight excluding hydrogens is 276 g/mol. The lowest BCUT2D eigenvalue weighted by molar-refractivity contribution is -0.132. The number of hydrogen-bond acceptors (Lipinski definition) is 3. The number of amides is 1. The molecule has 1 atom stereocenters. The van der Waals surface area contributed by atoms with Crippen molar-refractivity contribution in [2.75, 3.05) is 33.3 Å². The van der Waals surface area contributed by atoms with Crippen molar-refractivity contribution in [3.63, 3.8) is 0 Å². The maximum Gasteiger partial charge on any atom is 0.226 e. The van der Waals surface area contributed by atoms with Crippen molar-refractivity contribution in [3.05, 3.63) is 29.8 Å². The predicted molar refractivity (Wildman–Crippen MR) is 87.0 cm³/mol. The van der Waals surface area contributed by atoms with Crippen LogP contribution < -0.4 is 10.1 Å². The number of rotatable bonds is 5. The van der Waals surface area contributed by atoms with Crippen molar-refractivity contribution in [3.8, 4) is 5.75 Å². The summed E-state index contributed by atoms with van der Waals surface area (Å²) in [6.07, 6.45) is 3.38. The molecule has 0 aromatic heterocycles. The quantitative estimate of drug-likeness (QED) is 0.907. The number of piperidine rings is 1. The number of carbonyl (C=O) groups is 1. The molecule has 0 bridgehead atoms. The monoisotopic (exact) mass is 302 g/mol. The second kappa shape index (κ2) is 6.29. The van der Waals surface area contributed by atoms with Crippen LogP contribution in [0.5, 0.6) is 5.75 Å². The van der Waals surface area contributed by atoms with E-state index in [2.05, 4.69) is 12.2 Å². The standard InChI is InChI=1S/C18H26N2O2/c1-14-3-5-15(6-4-14)22-12-11-20(2)17(21)16-13-18(16)7-9-19-10-8-18/h3-6,16,19H,7-13H2,1-2H3. The summed E-state index contributed by atoms with van der Waals surface area (Å²) in [4.78, 5) is 14.4. The first-order valence-corrected chi connectivity index (χ1v) is 8.26. The van der Waals surface area contributed by atoms with E-state index in [0.29, 0.717) is 24.5 Å². The number of likely N-dealkylation sites (N-methyl/N-ethyl adjacent to an activating group) is 1. The Balaban J connectivity index is 1.43. The molecule has 1 spiro atoms. The van der Waals surface area contributed by atoms with Crippen molar-refractivity contribution in [1.29, 1.82) is 0 Å². The summed E-state index contributed by atoms with van der Waals surface area (Å²) in [5.74, 6) is 1.42. The van der Waals surface area contributed by atoms with Crippen LogP contribution in [0.25, 0.3) is 0 Å². The number of benzene rings is 1. The van der Waals surface area contributed by atoms with Crippen LogP contribution in [-0.2, 0) is 4.79 Å². The van der Waals surface area contributed by atoms with E-state index in [0.717, 1.165) is 38.1 Å². The molecule has 2 aliphatic rings. The van der Waals surface area contributed by atoms with E-state index in [-0.39, 0.29) is 5.92 Å². The smallest absolute Gasteiger partial charge is 0.226 e. The third kappa shape index (κ3) is 3.27. The molecule has 1 aliphatic heterocycles. The second-order valence-corrected chi connectivity index (χ2v) is 6.79. The minimum atomic E-state index is 0.249. The highest BCUT2D eigenvalue weighted by Gasteiger charge is 2.58. The molecule has 1 N–H and O–H groups in total. The molecule has 1 saturated carbocycles. The Morgan fingerprint density at radius 2 is 2.00 bits per heavy atom. The summed E-state index contributed by atoms with van der Waals surface area (Å²) in [5.41, 5.74) is 1.54. The zero-order valence-electron chi connectivity index (χ0n) is 13.6. The molecule has 1 saturated heterocycles.